The summed E-state index contributed by atoms with van der Waals surface area (Å²) in [6, 6.07) is 10.8. The van der Waals surface area contributed by atoms with Gasteiger partial charge in [0.2, 0.25) is 11.6 Å². The molecule has 0 unspecified atom stereocenters. The van der Waals surface area contributed by atoms with E-state index >= 15 is 0 Å². The second-order valence-electron chi connectivity index (χ2n) is 5.65. The molecular weight excluding hydrogens is 350 g/mol. The number of hydrogen-bond donors (Lipinski definition) is 1. The topological polar surface area (TPSA) is 95.7 Å². The molecule has 0 aliphatic rings. The molecule has 0 fully saturated rings. The van der Waals surface area contributed by atoms with Crippen molar-refractivity contribution < 1.29 is 23.4 Å². The first-order valence-corrected chi connectivity index (χ1v) is 8.07. The highest BCUT2D eigenvalue weighted by Gasteiger charge is 2.19. The number of hydrogen-bond acceptors (Lipinski definition) is 7. The van der Waals surface area contributed by atoms with Crippen LogP contribution in [0.2, 0.25) is 0 Å². The highest BCUT2D eigenvalue weighted by Crippen LogP contribution is 2.40. The van der Waals surface area contributed by atoms with Crippen molar-refractivity contribution in [3.63, 3.8) is 0 Å². The maximum absolute atomic E-state index is 12.4. The number of benzene rings is 2. The average Bonchev–Trinajstić information content (AvgIpc) is 3.18. The van der Waals surface area contributed by atoms with Gasteiger partial charge in [0, 0.05) is 23.4 Å². The third-order valence-electron chi connectivity index (χ3n) is 3.84. The molecule has 2 aromatic carbocycles. The Hall–Kier alpha value is -3.55. The third-order valence-corrected chi connectivity index (χ3v) is 3.84. The first kappa shape index (κ1) is 18.2. The number of anilines is 1. The van der Waals surface area contributed by atoms with Gasteiger partial charge in [-0.2, -0.15) is 0 Å². The van der Waals surface area contributed by atoms with Crippen molar-refractivity contribution in [1.29, 1.82) is 0 Å². The van der Waals surface area contributed by atoms with E-state index in [1.165, 1.54) is 21.3 Å². The number of rotatable bonds is 6. The Balaban J connectivity index is 1.82. The van der Waals surface area contributed by atoms with Gasteiger partial charge in [0.25, 0.3) is 0 Å². The van der Waals surface area contributed by atoms with Crippen LogP contribution in [0.5, 0.6) is 17.2 Å². The van der Waals surface area contributed by atoms with Crippen LogP contribution in [-0.4, -0.2) is 37.4 Å². The van der Waals surface area contributed by atoms with Gasteiger partial charge in [-0.25, -0.2) is 0 Å². The van der Waals surface area contributed by atoms with Crippen molar-refractivity contribution in [2.75, 3.05) is 26.6 Å². The largest absolute Gasteiger partial charge is 0.493 e. The number of ether oxygens (including phenoxy) is 3. The zero-order valence-electron chi connectivity index (χ0n) is 15.4. The minimum atomic E-state index is -0.546. The highest BCUT2D eigenvalue weighted by molar-refractivity contribution is 6.01. The molecule has 140 valence electrons. The smallest absolute Gasteiger partial charge is 0.313 e. The first-order chi connectivity index (χ1) is 13.0. The van der Waals surface area contributed by atoms with E-state index in [0.717, 1.165) is 11.1 Å². The Labute approximate surface area is 156 Å². The van der Waals surface area contributed by atoms with Gasteiger partial charge in [-0.3, -0.25) is 4.79 Å². The summed E-state index contributed by atoms with van der Waals surface area (Å²) in [5.74, 6) is 0.827. The van der Waals surface area contributed by atoms with E-state index in [-0.39, 0.29) is 11.8 Å². The van der Waals surface area contributed by atoms with Crippen LogP contribution in [0.4, 0.5) is 5.69 Å². The van der Waals surface area contributed by atoms with Gasteiger partial charge in [0.15, 0.2) is 11.5 Å². The lowest BCUT2D eigenvalue weighted by Crippen LogP contribution is -2.12. The maximum Gasteiger partial charge on any atom is 0.313 e. The number of carbonyl (C=O) groups is 1. The van der Waals surface area contributed by atoms with Gasteiger partial charge in [-0.1, -0.05) is 17.7 Å². The van der Waals surface area contributed by atoms with Crippen LogP contribution >= 0.6 is 0 Å². The molecule has 0 radical (unpaired) electrons. The molecule has 0 aliphatic carbocycles. The molecule has 0 saturated heterocycles. The van der Waals surface area contributed by atoms with E-state index in [1.54, 1.807) is 12.1 Å². The Kier molecular flexibility index (Phi) is 5.25. The normalized spacial score (nSPS) is 10.4. The first-order valence-electron chi connectivity index (χ1n) is 8.07. The number of amides is 1. The molecule has 0 saturated carbocycles. The van der Waals surface area contributed by atoms with E-state index in [0.29, 0.717) is 22.9 Å². The molecule has 1 heterocycles. The average molecular weight is 369 g/mol. The summed E-state index contributed by atoms with van der Waals surface area (Å²) in [5, 5.41) is 10.4. The summed E-state index contributed by atoms with van der Waals surface area (Å²) < 4.78 is 21.3. The third kappa shape index (κ3) is 3.84. The maximum atomic E-state index is 12.4. The lowest BCUT2D eigenvalue weighted by atomic mass is 10.1. The minimum absolute atomic E-state index is 0.153. The van der Waals surface area contributed by atoms with Crippen molar-refractivity contribution in [3.05, 3.63) is 47.9 Å². The van der Waals surface area contributed by atoms with Crippen molar-refractivity contribution in [2.24, 2.45) is 0 Å². The monoisotopic (exact) mass is 369 g/mol. The Morgan fingerprint density at radius 1 is 0.963 bits per heavy atom. The van der Waals surface area contributed by atoms with Crippen molar-refractivity contribution in [3.8, 4) is 28.7 Å². The van der Waals surface area contributed by atoms with E-state index in [1.807, 2.05) is 31.2 Å². The number of nitrogens with one attached hydrogen (secondary N) is 1. The quantitative estimate of drug-likeness (QED) is 0.712. The Bertz CT molecular complexity index is 925. The minimum Gasteiger partial charge on any atom is -0.493 e. The van der Waals surface area contributed by atoms with Gasteiger partial charge < -0.3 is 23.9 Å². The number of methoxy groups -OCH3 is 3. The molecule has 3 aromatic rings. The van der Waals surface area contributed by atoms with Gasteiger partial charge in [-0.05, 0) is 19.1 Å². The summed E-state index contributed by atoms with van der Waals surface area (Å²) in [4.78, 5) is 12.4. The van der Waals surface area contributed by atoms with Crippen LogP contribution in [0.15, 0.2) is 40.8 Å². The fourth-order valence-electron chi connectivity index (χ4n) is 2.47. The van der Waals surface area contributed by atoms with Crippen LogP contribution < -0.4 is 19.5 Å². The van der Waals surface area contributed by atoms with Gasteiger partial charge >= 0.3 is 11.8 Å². The second-order valence-corrected chi connectivity index (χ2v) is 5.65. The molecule has 8 heteroatoms. The number of carbonyl (C=O) groups excluding carboxylic acids is 1. The van der Waals surface area contributed by atoms with Crippen molar-refractivity contribution in [1.82, 2.24) is 10.2 Å². The van der Waals surface area contributed by atoms with E-state index < -0.39 is 5.91 Å². The molecule has 0 aliphatic heterocycles. The van der Waals surface area contributed by atoms with E-state index in [2.05, 4.69) is 15.5 Å². The molecule has 1 aromatic heterocycles. The summed E-state index contributed by atoms with van der Waals surface area (Å²) in [7, 11) is 4.49. The molecule has 8 nitrogen and oxygen atoms in total. The van der Waals surface area contributed by atoms with Crippen molar-refractivity contribution in [2.45, 2.75) is 6.92 Å². The van der Waals surface area contributed by atoms with Crippen LogP contribution in [0.1, 0.15) is 16.2 Å². The summed E-state index contributed by atoms with van der Waals surface area (Å²) in [6.07, 6.45) is 0. The standard InChI is InChI=1S/C19H19N3O5/c1-11-5-7-12(8-6-11)18-21-22-19(27-18)17(23)20-13-9-14(24-2)16(26-4)15(10-13)25-3/h5-10H,1-4H3,(H,20,23). The SMILES string of the molecule is COc1cc(NC(=O)c2nnc(-c3ccc(C)cc3)o2)cc(OC)c1OC. The van der Waals surface area contributed by atoms with Crippen LogP contribution in [0.25, 0.3) is 11.5 Å². The van der Waals surface area contributed by atoms with Crippen LogP contribution in [0, 0.1) is 6.92 Å². The van der Waals surface area contributed by atoms with Crippen LogP contribution in [0.3, 0.4) is 0 Å². The molecule has 1 amide bonds. The molecule has 0 bridgehead atoms. The lowest BCUT2D eigenvalue weighted by molar-refractivity contribution is 0.0991. The fourth-order valence-corrected chi connectivity index (χ4v) is 2.47. The predicted molar refractivity (Wildman–Crippen MR) is 98.5 cm³/mol. The Morgan fingerprint density at radius 3 is 2.15 bits per heavy atom. The molecule has 1 N–H and O–H groups in total. The van der Waals surface area contributed by atoms with Gasteiger partial charge in [0.1, 0.15) is 0 Å². The summed E-state index contributed by atoms with van der Waals surface area (Å²) in [5.41, 5.74) is 2.28. The number of aromatic nitrogens is 2. The van der Waals surface area contributed by atoms with Crippen LogP contribution in [-0.2, 0) is 0 Å². The molecule has 3 rings (SSSR count). The zero-order valence-corrected chi connectivity index (χ0v) is 15.4. The Morgan fingerprint density at radius 2 is 1.59 bits per heavy atom. The molecule has 0 spiro atoms. The summed E-state index contributed by atoms with van der Waals surface area (Å²) >= 11 is 0. The summed E-state index contributed by atoms with van der Waals surface area (Å²) in [6.45, 7) is 1.98. The molecule has 0 atom stereocenters. The van der Waals surface area contributed by atoms with Gasteiger partial charge in [-0.15, -0.1) is 10.2 Å². The van der Waals surface area contributed by atoms with Crippen molar-refractivity contribution >= 4 is 11.6 Å². The predicted octanol–water partition coefficient (Wildman–Crippen LogP) is 3.32. The second kappa shape index (κ2) is 7.77. The van der Waals surface area contributed by atoms with E-state index in [9.17, 15) is 4.79 Å². The highest BCUT2D eigenvalue weighted by atomic mass is 16.5. The lowest BCUT2D eigenvalue weighted by Gasteiger charge is -2.14. The molecule has 27 heavy (non-hydrogen) atoms. The zero-order chi connectivity index (χ0) is 19.4. The number of nitrogens with zero attached hydrogens (tertiary/aromatic N) is 2. The number of aryl methyl sites for hydroxylation is 1. The fraction of sp³-hybridized carbons (Fsp3) is 0.211. The van der Waals surface area contributed by atoms with Gasteiger partial charge in [0.05, 0.1) is 21.3 Å². The van der Waals surface area contributed by atoms with E-state index in [4.69, 9.17) is 18.6 Å². The molecular formula is C19H19N3O5.